The number of nitrogens with zero attached hydrogens (tertiary/aromatic N) is 2. The lowest BCUT2D eigenvalue weighted by Gasteiger charge is -1.98. The Morgan fingerprint density at radius 1 is 1.44 bits per heavy atom. The first kappa shape index (κ1) is 11.5. The Bertz CT molecular complexity index is 519. The van der Waals surface area contributed by atoms with Crippen molar-refractivity contribution < 1.29 is 0 Å². The van der Waals surface area contributed by atoms with Crippen molar-refractivity contribution in [2.45, 2.75) is 6.54 Å². The molecule has 0 fully saturated rings. The number of rotatable bonds is 4. The summed E-state index contributed by atoms with van der Waals surface area (Å²) < 4.78 is 1.90. The van der Waals surface area contributed by atoms with Crippen molar-refractivity contribution in [3.63, 3.8) is 0 Å². The molecular weight excluding hydrogens is 245 g/mol. The first-order valence-corrected chi connectivity index (χ1v) is 5.58. The standard InChI is InChI=1S/C11H11Cl2N3/c1-8(12)4-14-5-10-7-16-6-9(13)2-3-11(16)15-10/h2-3,6-7,14H,1,4-5H2. The summed E-state index contributed by atoms with van der Waals surface area (Å²) in [7, 11) is 0. The average molecular weight is 256 g/mol. The number of nitrogens with one attached hydrogen (secondary N) is 1. The van der Waals surface area contributed by atoms with Gasteiger partial charge in [0.1, 0.15) is 5.65 Å². The molecule has 0 radical (unpaired) electrons. The van der Waals surface area contributed by atoms with Gasteiger partial charge in [0.05, 0.1) is 10.7 Å². The van der Waals surface area contributed by atoms with Gasteiger partial charge >= 0.3 is 0 Å². The maximum absolute atomic E-state index is 5.88. The lowest BCUT2D eigenvalue weighted by Crippen LogP contribution is -2.14. The van der Waals surface area contributed by atoms with Gasteiger partial charge in [0.2, 0.25) is 0 Å². The summed E-state index contributed by atoms with van der Waals surface area (Å²) in [5.41, 5.74) is 1.83. The minimum Gasteiger partial charge on any atom is -0.306 e. The number of fused-ring (bicyclic) bond motifs is 1. The van der Waals surface area contributed by atoms with Crippen molar-refractivity contribution in [2.75, 3.05) is 6.54 Å². The maximum Gasteiger partial charge on any atom is 0.137 e. The molecule has 0 saturated heterocycles. The average Bonchev–Trinajstić information content (AvgIpc) is 2.58. The van der Waals surface area contributed by atoms with Gasteiger partial charge in [0.25, 0.3) is 0 Å². The van der Waals surface area contributed by atoms with E-state index >= 15 is 0 Å². The van der Waals surface area contributed by atoms with Crippen LogP contribution < -0.4 is 5.32 Å². The Morgan fingerprint density at radius 3 is 3.00 bits per heavy atom. The molecule has 0 spiro atoms. The fourth-order valence-electron chi connectivity index (χ4n) is 1.43. The summed E-state index contributed by atoms with van der Waals surface area (Å²) in [4.78, 5) is 4.42. The minimum absolute atomic E-state index is 0.580. The smallest absolute Gasteiger partial charge is 0.137 e. The third-order valence-corrected chi connectivity index (χ3v) is 2.44. The van der Waals surface area contributed by atoms with E-state index in [9.17, 15) is 0 Å². The van der Waals surface area contributed by atoms with Crippen LogP contribution >= 0.6 is 23.2 Å². The van der Waals surface area contributed by atoms with Crippen LogP contribution in [0, 0.1) is 0 Å². The highest BCUT2D eigenvalue weighted by atomic mass is 35.5. The second-order valence-electron chi connectivity index (χ2n) is 3.47. The van der Waals surface area contributed by atoms with E-state index in [0.29, 0.717) is 23.1 Å². The molecular formula is C11H11Cl2N3. The fraction of sp³-hybridized carbons (Fsp3) is 0.182. The van der Waals surface area contributed by atoms with E-state index < -0.39 is 0 Å². The summed E-state index contributed by atoms with van der Waals surface area (Å²) in [6.07, 6.45) is 3.76. The molecule has 0 aliphatic heterocycles. The van der Waals surface area contributed by atoms with Gasteiger partial charge in [-0.2, -0.15) is 0 Å². The topological polar surface area (TPSA) is 29.3 Å². The number of halogens is 2. The molecule has 84 valence electrons. The SMILES string of the molecule is C=C(Cl)CNCc1cn2cc(Cl)ccc2n1. The third-order valence-electron chi connectivity index (χ3n) is 2.09. The van der Waals surface area contributed by atoms with Gasteiger partial charge < -0.3 is 9.72 Å². The lowest BCUT2D eigenvalue weighted by atomic mass is 10.4. The predicted octanol–water partition coefficient (Wildman–Crippen LogP) is 2.83. The van der Waals surface area contributed by atoms with Crippen LogP contribution in [0.4, 0.5) is 0 Å². The van der Waals surface area contributed by atoms with E-state index in [0.717, 1.165) is 11.3 Å². The van der Waals surface area contributed by atoms with E-state index in [1.165, 1.54) is 0 Å². The number of hydrogen-bond donors (Lipinski definition) is 1. The summed E-state index contributed by atoms with van der Waals surface area (Å²) in [6, 6.07) is 3.70. The molecule has 0 bridgehead atoms. The van der Waals surface area contributed by atoms with Gasteiger partial charge in [-0.3, -0.25) is 0 Å². The summed E-state index contributed by atoms with van der Waals surface area (Å²) >= 11 is 11.5. The molecule has 0 aliphatic carbocycles. The van der Waals surface area contributed by atoms with E-state index in [4.69, 9.17) is 23.2 Å². The van der Waals surface area contributed by atoms with Crippen molar-refractivity contribution >= 4 is 28.8 Å². The fourth-order valence-corrected chi connectivity index (χ4v) is 1.69. The van der Waals surface area contributed by atoms with Gasteiger partial charge in [-0.1, -0.05) is 29.8 Å². The van der Waals surface area contributed by atoms with Gasteiger partial charge in [0, 0.05) is 30.5 Å². The van der Waals surface area contributed by atoms with Crippen LogP contribution in [0.25, 0.3) is 5.65 Å². The van der Waals surface area contributed by atoms with E-state index in [-0.39, 0.29) is 0 Å². The number of hydrogen-bond acceptors (Lipinski definition) is 2. The van der Waals surface area contributed by atoms with E-state index in [1.807, 2.05) is 28.9 Å². The molecule has 1 N–H and O–H groups in total. The largest absolute Gasteiger partial charge is 0.306 e. The zero-order valence-electron chi connectivity index (χ0n) is 8.58. The molecule has 0 aromatic carbocycles. The molecule has 2 rings (SSSR count). The highest BCUT2D eigenvalue weighted by Crippen LogP contribution is 2.11. The molecule has 0 atom stereocenters. The van der Waals surface area contributed by atoms with Crippen molar-refractivity contribution in [1.29, 1.82) is 0 Å². The molecule has 2 aromatic heterocycles. The highest BCUT2D eigenvalue weighted by molar-refractivity contribution is 6.30. The zero-order valence-corrected chi connectivity index (χ0v) is 10.1. The molecule has 2 heterocycles. The van der Waals surface area contributed by atoms with Gasteiger partial charge in [0.15, 0.2) is 0 Å². The predicted molar refractivity (Wildman–Crippen MR) is 66.9 cm³/mol. The molecule has 3 nitrogen and oxygen atoms in total. The molecule has 5 heteroatoms. The zero-order chi connectivity index (χ0) is 11.5. The Balaban J connectivity index is 2.10. The second-order valence-corrected chi connectivity index (χ2v) is 4.44. The van der Waals surface area contributed by atoms with Crippen molar-refractivity contribution in [3.05, 3.63) is 46.9 Å². The number of imidazole rings is 1. The van der Waals surface area contributed by atoms with Crippen LogP contribution in [0.1, 0.15) is 5.69 Å². The minimum atomic E-state index is 0.580. The molecule has 0 amide bonds. The molecule has 0 unspecified atom stereocenters. The van der Waals surface area contributed by atoms with Gasteiger partial charge in [-0.15, -0.1) is 0 Å². The summed E-state index contributed by atoms with van der Waals surface area (Å²) in [6.45, 7) is 4.84. The molecule has 0 aliphatic rings. The molecule has 2 aromatic rings. The van der Waals surface area contributed by atoms with Gasteiger partial charge in [-0.05, 0) is 12.1 Å². The van der Waals surface area contributed by atoms with E-state index in [1.54, 1.807) is 0 Å². The Morgan fingerprint density at radius 2 is 2.25 bits per heavy atom. The Kier molecular flexibility index (Phi) is 3.49. The van der Waals surface area contributed by atoms with Crippen LogP contribution in [0.2, 0.25) is 5.02 Å². The van der Waals surface area contributed by atoms with Crippen molar-refractivity contribution in [3.8, 4) is 0 Å². The van der Waals surface area contributed by atoms with Crippen LogP contribution in [-0.2, 0) is 6.54 Å². The Labute approximate surface area is 104 Å². The quantitative estimate of drug-likeness (QED) is 0.911. The van der Waals surface area contributed by atoms with Gasteiger partial charge in [-0.25, -0.2) is 4.98 Å². The Hall–Kier alpha value is -1.03. The van der Waals surface area contributed by atoms with Crippen LogP contribution in [0.3, 0.4) is 0 Å². The normalized spacial score (nSPS) is 10.9. The van der Waals surface area contributed by atoms with Crippen LogP contribution in [0.15, 0.2) is 36.1 Å². The monoisotopic (exact) mass is 255 g/mol. The summed E-state index contributed by atoms with van der Waals surface area (Å²) in [5.74, 6) is 0. The lowest BCUT2D eigenvalue weighted by molar-refractivity contribution is 0.740. The van der Waals surface area contributed by atoms with Crippen molar-refractivity contribution in [2.24, 2.45) is 0 Å². The number of pyridine rings is 1. The van der Waals surface area contributed by atoms with Crippen molar-refractivity contribution in [1.82, 2.24) is 14.7 Å². The maximum atomic E-state index is 5.88. The summed E-state index contributed by atoms with van der Waals surface area (Å²) in [5, 5.41) is 4.42. The third kappa shape index (κ3) is 2.76. The van der Waals surface area contributed by atoms with Crippen LogP contribution in [-0.4, -0.2) is 15.9 Å². The van der Waals surface area contributed by atoms with E-state index in [2.05, 4.69) is 16.9 Å². The molecule has 0 saturated carbocycles. The second kappa shape index (κ2) is 4.87. The first-order chi connectivity index (χ1) is 7.65. The van der Waals surface area contributed by atoms with Crippen LogP contribution in [0.5, 0.6) is 0 Å². The first-order valence-electron chi connectivity index (χ1n) is 4.82. The highest BCUT2D eigenvalue weighted by Gasteiger charge is 2.01. The molecule has 16 heavy (non-hydrogen) atoms. The number of aromatic nitrogens is 2.